The third-order valence-corrected chi connectivity index (χ3v) is 4.25. The molecule has 0 spiro atoms. The van der Waals surface area contributed by atoms with Crippen LogP contribution in [0.25, 0.3) is 0 Å². The second-order valence-corrected chi connectivity index (χ2v) is 5.33. The summed E-state index contributed by atoms with van der Waals surface area (Å²) in [6.07, 6.45) is 2.95. The minimum atomic E-state index is -3.43. The smallest absolute Gasteiger partial charge is 0.246 e. The minimum Gasteiger partial charge on any atom is -0.384 e. The van der Waals surface area contributed by atoms with Gasteiger partial charge in [0.1, 0.15) is 4.90 Å². The van der Waals surface area contributed by atoms with Crippen molar-refractivity contribution in [2.24, 2.45) is 0 Å². The molecule has 90 valence electrons. The summed E-state index contributed by atoms with van der Waals surface area (Å²) in [5, 5.41) is 3.02. The maximum atomic E-state index is 12.1. The van der Waals surface area contributed by atoms with Crippen LogP contribution in [0.5, 0.6) is 0 Å². The lowest BCUT2D eigenvalue weighted by Gasteiger charge is -2.17. The molecule has 0 bridgehead atoms. The standard InChI is InChI=1S/C10H17N3O2S/c1-4-12-9-6-7-11-8-10(9)16(14,15)13(3)5-2/h6-8H,4-5H2,1-3H3,(H,11,12). The number of pyridine rings is 1. The van der Waals surface area contributed by atoms with E-state index in [9.17, 15) is 8.42 Å². The molecule has 0 aliphatic heterocycles. The number of nitrogens with one attached hydrogen (secondary N) is 1. The molecule has 5 nitrogen and oxygen atoms in total. The average Bonchev–Trinajstić information content (AvgIpc) is 2.29. The Morgan fingerprint density at radius 3 is 2.69 bits per heavy atom. The third kappa shape index (κ3) is 2.51. The number of hydrogen-bond acceptors (Lipinski definition) is 4. The maximum absolute atomic E-state index is 12.1. The fourth-order valence-corrected chi connectivity index (χ4v) is 2.55. The van der Waals surface area contributed by atoms with E-state index in [0.717, 1.165) is 0 Å². The molecule has 1 N–H and O–H groups in total. The van der Waals surface area contributed by atoms with Gasteiger partial charge in [0.25, 0.3) is 0 Å². The van der Waals surface area contributed by atoms with E-state index in [1.54, 1.807) is 26.2 Å². The van der Waals surface area contributed by atoms with Crippen molar-refractivity contribution in [2.45, 2.75) is 18.7 Å². The second kappa shape index (κ2) is 5.27. The van der Waals surface area contributed by atoms with Gasteiger partial charge in [-0.2, -0.15) is 0 Å². The van der Waals surface area contributed by atoms with E-state index < -0.39 is 10.0 Å². The Morgan fingerprint density at radius 1 is 1.44 bits per heavy atom. The fourth-order valence-electron chi connectivity index (χ4n) is 1.26. The molecule has 0 aliphatic rings. The van der Waals surface area contributed by atoms with E-state index in [4.69, 9.17) is 0 Å². The van der Waals surface area contributed by atoms with Crippen LogP contribution >= 0.6 is 0 Å². The minimum absolute atomic E-state index is 0.223. The molecule has 0 fully saturated rings. The van der Waals surface area contributed by atoms with Crippen LogP contribution in [0, 0.1) is 0 Å². The van der Waals surface area contributed by atoms with Gasteiger partial charge < -0.3 is 5.32 Å². The van der Waals surface area contributed by atoms with Gasteiger partial charge in [-0.3, -0.25) is 4.98 Å². The monoisotopic (exact) mass is 243 g/mol. The van der Waals surface area contributed by atoms with Crippen LogP contribution in [0.15, 0.2) is 23.4 Å². The number of nitrogens with zero attached hydrogens (tertiary/aromatic N) is 2. The molecule has 0 saturated carbocycles. The zero-order valence-electron chi connectivity index (χ0n) is 9.77. The predicted octanol–water partition coefficient (Wildman–Crippen LogP) is 1.15. The first-order chi connectivity index (χ1) is 7.54. The topological polar surface area (TPSA) is 62.3 Å². The van der Waals surface area contributed by atoms with Gasteiger partial charge >= 0.3 is 0 Å². The lowest BCUT2D eigenvalue weighted by molar-refractivity contribution is 0.486. The van der Waals surface area contributed by atoms with Gasteiger partial charge in [-0.25, -0.2) is 12.7 Å². The van der Waals surface area contributed by atoms with Gasteiger partial charge in [0, 0.05) is 32.5 Å². The number of sulfonamides is 1. The van der Waals surface area contributed by atoms with E-state index in [1.165, 1.54) is 10.5 Å². The van der Waals surface area contributed by atoms with Crippen molar-refractivity contribution in [1.29, 1.82) is 0 Å². The molecule has 0 radical (unpaired) electrons. The molecule has 0 atom stereocenters. The Labute approximate surface area is 96.5 Å². The highest BCUT2D eigenvalue weighted by Gasteiger charge is 2.22. The Balaban J connectivity index is 3.22. The normalized spacial score (nSPS) is 11.8. The Bertz CT molecular complexity index is 445. The summed E-state index contributed by atoms with van der Waals surface area (Å²) in [6, 6.07) is 1.67. The second-order valence-electron chi connectivity index (χ2n) is 3.32. The van der Waals surface area contributed by atoms with Crippen molar-refractivity contribution in [3.63, 3.8) is 0 Å². The van der Waals surface area contributed by atoms with Crippen LogP contribution in [0.3, 0.4) is 0 Å². The molecule has 1 rings (SSSR count). The average molecular weight is 243 g/mol. The first-order valence-electron chi connectivity index (χ1n) is 5.18. The first-order valence-corrected chi connectivity index (χ1v) is 6.62. The summed E-state index contributed by atoms with van der Waals surface area (Å²) in [5.74, 6) is 0. The van der Waals surface area contributed by atoms with Crippen molar-refractivity contribution in [3.05, 3.63) is 18.5 Å². The molecule has 0 aliphatic carbocycles. The fraction of sp³-hybridized carbons (Fsp3) is 0.500. The molecular weight excluding hydrogens is 226 g/mol. The van der Waals surface area contributed by atoms with Crippen molar-refractivity contribution in [3.8, 4) is 0 Å². The molecule has 0 unspecified atom stereocenters. The molecule has 6 heteroatoms. The van der Waals surface area contributed by atoms with Crippen molar-refractivity contribution >= 4 is 15.7 Å². The molecule has 1 aromatic rings. The summed E-state index contributed by atoms with van der Waals surface area (Å²) in [7, 11) is -1.88. The summed E-state index contributed by atoms with van der Waals surface area (Å²) in [5.41, 5.74) is 0.595. The van der Waals surface area contributed by atoms with Crippen LogP contribution in [0.2, 0.25) is 0 Å². The summed E-state index contributed by atoms with van der Waals surface area (Å²) in [6.45, 7) is 4.81. The van der Waals surface area contributed by atoms with Gasteiger partial charge in [0.05, 0.1) is 5.69 Å². The highest BCUT2D eigenvalue weighted by Crippen LogP contribution is 2.22. The highest BCUT2D eigenvalue weighted by atomic mass is 32.2. The molecule has 0 saturated heterocycles. The van der Waals surface area contributed by atoms with Crippen LogP contribution in [0.4, 0.5) is 5.69 Å². The first kappa shape index (κ1) is 12.9. The number of rotatable bonds is 5. The van der Waals surface area contributed by atoms with E-state index in [0.29, 0.717) is 18.8 Å². The molecule has 0 aromatic carbocycles. The Morgan fingerprint density at radius 2 is 2.12 bits per heavy atom. The lowest BCUT2D eigenvalue weighted by Crippen LogP contribution is -2.27. The van der Waals surface area contributed by atoms with Crippen LogP contribution in [0.1, 0.15) is 13.8 Å². The van der Waals surface area contributed by atoms with Crippen LogP contribution < -0.4 is 5.32 Å². The van der Waals surface area contributed by atoms with Gasteiger partial charge in [-0.1, -0.05) is 6.92 Å². The number of hydrogen-bond donors (Lipinski definition) is 1. The SMILES string of the molecule is CCNc1ccncc1S(=O)(=O)N(C)CC. The summed E-state index contributed by atoms with van der Waals surface area (Å²) < 4.78 is 25.5. The molecule has 16 heavy (non-hydrogen) atoms. The zero-order chi connectivity index (χ0) is 12.2. The van der Waals surface area contributed by atoms with Gasteiger partial charge in [-0.15, -0.1) is 0 Å². The quantitative estimate of drug-likeness (QED) is 0.842. The van der Waals surface area contributed by atoms with Gasteiger partial charge in [0.2, 0.25) is 10.0 Å². The Kier molecular flexibility index (Phi) is 4.26. The van der Waals surface area contributed by atoms with Crippen molar-refractivity contribution in [2.75, 3.05) is 25.5 Å². The molecule has 1 heterocycles. The summed E-state index contributed by atoms with van der Waals surface area (Å²) >= 11 is 0. The van der Waals surface area contributed by atoms with E-state index in [1.807, 2.05) is 6.92 Å². The van der Waals surface area contributed by atoms with Gasteiger partial charge in [-0.05, 0) is 13.0 Å². The Hall–Kier alpha value is -1.14. The van der Waals surface area contributed by atoms with E-state index in [-0.39, 0.29) is 4.90 Å². The largest absolute Gasteiger partial charge is 0.384 e. The maximum Gasteiger partial charge on any atom is 0.246 e. The molecular formula is C10H17N3O2S. The molecule has 1 aromatic heterocycles. The van der Waals surface area contributed by atoms with E-state index in [2.05, 4.69) is 10.3 Å². The highest BCUT2D eigenvalue weighted by molar-refractivity contribution is 7.89. The number of anilines is 1. The predicted molar refractivity (Wildman–Crippen MR) is 63.9 cm³/mol. The van der Waals surface area contributed by atoms with Crippen molar-refractivity contribution < 1.29 is 8.42 Å². The van der Waals surface area contributed by atoms with Gasteiger partial charge in [0.15, 0.2) is 0 Å². The summed E-state index contributed by atoms with van der Waals surface area (Å²) in [4.78, 5) is 4.09. The number of aromatic nitrogens is 1. The van der Waals surface area contributed by atoms with Crippen LogP contribution in [-0.4, -0.2) is 37.8 Å². The van der Waals surface area contributed by atoms with Crippen LogP contribution in [-0.2, 0) is 10.0 Å². The third-order valence-electron chi connectivity index (χ3n) is 2.29. The lowest BCUT2D eigenvalue weighted by atomic mass is 10.4. The zero-order valence-corrected chi connectivity index (χ0v) is 10.6. The molecule has 0 amide bonds. The van der Waals surface area contributed by atoms with Crippen molar-refractivity contribution in [1.82, 2.24) is 9.29 Å². The van der Waals surface area contributed by atoms with E-state index >= 15 is 0 Å².